The van der Waals surface area contributed by atoms with Crippen LogP contribution in [0.25, 0.3) is 6.08 Å². The van der Waals surface area contributed by atoms with Gasteiger partial charge in [-0.05, 0) is 42.7 Å². The van der Waals surface area contributed by atoms with Crippen LogP contribution in [0.3, 0.4) is 0 Å². The van der Waals surface area contributed by atoms with Gasteiger partial charge in [0.2, 0.25) is 0 Å². The molecule has 3 rings (SSSR count). The molecule has 1 heterocycles. The summed E-state index contributed by atoms with van der Waals surface area (Å²) in [7, 11) is 1.41. The molecule has 1 aliphatic rings. The molecule has 0 aromatic heterocycles. The summed E-state index contributed by atoms with van der Waals surface area (Å²) < 4.78 is 18.6. The Labute approximate surface area is 146 Å². The maximum Gasteiger partial charge on any atom is 0.275 e. The van der Waals surface area contributed by atoms with E-state index < -0.39 is 5.82 Å². The number of rotatable bonds is 5. The molecule has 25 heavy (non-hydrogen) atoms. The number of amidine groups is 1. The quantitative estimate of drug-likeness (QED) is 0.846. The van der Waals surface area contributed by atoms with E-state index in [1.807, 2.05) is 6.92 Å². The van der Waals surface area contributed by atoms with Crippen molar-refractivity contribution < 1.29 is 13.9 Å². The first-order chi connectivity index (χ1) is 12.0. The second kappa shape index (κ2) is 7.30. The highest BCUT2D eigenvalue weighted by Gasteiger charge is 2.19. The van der Waals surface area contributed by atoms with Gasteiger partial charge >= 0.3 is 0 Å². The van der Waals surface area contributed by atoms with Gasteiger partial charge in [-0.1, -0.05) is 35.9 Å². The van der Waals surface area contributed by atoms with Crippen LogP contribution >= 0.6 is 0 Å². The first-order valence-corrected chi connectivity index (χ1v) is 8.05. The van der Waals surface area contributed by atoms with Crippen molar-refractivity contribution in [3.05, 3.63) is 70.7 Å². The highest BCUT2D eigenvalue weighted by Crippen LogP contribution is 2.20. The minimum absolute atomic E-state index is 0.167. The number of halogens is 1. The fourth-order valence-electron chi connectivity index (χ4n) is 2.58. The van der Waals surface area contributed by atoms with E-state index in [0.29, 0.717) is 17.8 Å². The number of hydrogen-bond donors (Lipinski definition) is 1. The number of amides is 1. The Kier molecular flexibility index (Phi) is 4.93. The van der Waals surface area contributed by atoms with E-state index in [1.54, 1.807) is 12.1 Å². The lowest BCUT2D eigenvalue weighted by Crippen LogP contribution is -2.24. The zero-order valence-corrected chi connectivity index (χ0v) is 14.2. The topological polar surface area (TPSA) is 50.7 Å². The lowest BCUT2D eigenvalue weighted by Gasteiger charge is -2.02. The molecule has 0 saturated carbocycles. The van der Waals surface area contributed by atoms with Crippen LogP contribution < -0.4 is 10.1 Å². The molecular formula is C20H19FN2O2. The number of carbonyl (C=O) groups is 1. The van der Waals surface area contributed by atoms with Crippen molar-refractivity contribution in [2.75, 3.05) is 7.11 Å². The molecule has 0 bridgehead atoms. The fraction of sp³-hybridized carbons (Fsp3) is 0.200. The summed E-state index contributed by atoms with van der Waals surface area (Å²) in [4.78, 5) is 16.4. The summed E-state index contributed by atoms with van der Waals surface area (Å²) in [5.74, 6) is 0.0556. The average molecular weight is 338 g/mol. The van der Waals surface area contributed by atoms with Gasteiger partial charge in [0.15, 0.2) is 11.6 Å². The Hall–Kier alpha value is -2.95. The molecule has 0 aliphatic carbocycles. The van der Waals surface area contributed by atoms with Crippen molar-refractivity contribution in [1.82, 2.24) is 5.32 Å². The minimum Gasteiger partial charge on any atom is -0.494 e. The lowest BCUT2D eigenvalue weighted by molar-refractivity contribution is -0.115. The number of aryl methyl sites for hydroxylation is 2. The summed E-state index contributed by atoms with van der Waals surface area (Å²) in [6.45, 7) is 2.05. The Bertz CT molecular complexity index is 854. The van der Waals surface area contributed by atoms with E-state index in [-0.39, 0.29) is 17.4 Å². The molecule has 0 atom stereocenters. The molecule has 1 amide bonds. The Morgan fingerprint density at radius 1 is 1.16 bits per heavy atom. The monoisotopic (exact) mass is 338 g/mol. The number of methoxy groups -OCH3 is 1. The molecule has 1 aliphatic heterocycles. The van der Waals surface area contributed by atoms with Crippen LogP contribution in [-0.4, -0.2) is 18.9 Å². The molecule has 128 valence electrons. The number of aliphatic imine (C=N–C) groups is 1. The van der Waals surface area contributed by atoms with Crippen molar-refractivity contribution in [3.8, 4) is 5.75 Å². The van der Waals surface area contributed by atoms with Gasteiger partial charge in [0.05, 0.1) is 7.11 Å². The van der Waals surface area contributed by atoms with Crippen LogP contribution in [0.1, 0.15) is 23.1 Å². The largest absolute Gasteiger partial charge is 0.494 e. The second-order valence-electron chi connectivity index (χ2n) is 5.92. The first kappa shape index (κ1) is 16.9. The van der Waals surface area contributed by atoms with E-state index in [9.17, 15) is 9.18 Å². The molecule has 2 aromatic carbocycles. The van der Waals surface area contributed by atoms with Crippen molar-refractivity contribution in [2.45, 2.75) is 19.8 Å². The van der Waals surface area contributed by atoms with Crippen LogP contribution in [0.2, 0.25) is 0 Å². The molecule has 5 heteroatoms. The number of carbonyl (C=O) groups excluding carboxylic acids is 1. The van der Waals surface area contributed by atoms with Crippen molar-refractivity contribution in [1.29, 1.82) is 0 Å². The van der Waals surface area contributed by atoms with Gasteiger partial charge in [0.25, 0.3) is 5.91 Å². The molecule has 0 unspecified atom stereocenters. The molecule has 1 N–H and O–H groups in total. The molecule has 0 saturated heterocycles. The number of ether oxygens (including phenoxy) is 1. The van der Waals surface area contributed by atoms with E-state index in [1.165, 1.54) is 30.4 Å². The van der Waals surface area contributed by atoms with Gasteiger partial charge in [-0.3, -0.25) is 4.79 Å². The van der Waals surface area contributed by atoms with Crippen LogP contribution in [0.5, 0.6) is 5.75 Å². The Morgan fingerprint density at radius 2 is 1.92 bits per heavy atom. The van der Waals surface area contributed by atoms with Gasteiger partial charge in [-0.2, -0.15) is 0 Å². The predicted octanol–water partition coefficient (Wildman–Crippen LogP) is 3.64. The average Bonchev–Trinajstić information content (AvgIpc) is 2.94. The molecule has 2 aromatic rings. The highest BCUT2D eigenvalue weighted by molar-refractivity contribution is 6.14. The van der Waals surface area contributed by atoms with Crippen molar-refractivity contribution >= 4 is 17.8 Å². The molecule has 0 fully saturated rings. The smallest absolute Gasteiger partial charge is 0.275 e. The van der Waals surface area contributed by atoms with Crippen LogP contribution in [0.15, 0.2) is 53.2 Å². The van der Waals surface area contributed by atoms with E-state index in [0.717, 1.165) is 6.42 Å². The van der Waals surface area contributed by atoms with E-state index >= 15 is 0 Å². The van der Waals surface area contributed by atoms with Crippen LogP contribution in [0.4, 0.5) is 4.39 Å². The zero-order valence-electron chi connectivity index (χ0n) is 14.2. The van der Waals surface area contributed by atoms with Gasteiger partial charge in [0.1, 0.15) is 11.5 Å². The van der Waals surface area contributed by atoms with Crippen LogP contribution in [0, 0.1) is 12.7 Å². The van der Waals surface area contributed by atoms with E-state index in [2.05, 4.69) is 34.6 Å². The SMILES string of the molecule is COc1ccc(/C=C2/N=C(CCc3ccc(C)cc3)NC2=O)cc1F. The molecule has 0 radical (unpaired) electrons. The third-order valence-corrected chi connectivity index (χ3v) is 4.00. The third-order valence-electron chi connectivity index (χ3n) is 4.00. The Balaban J connectivity index is 1.71. The third kappa shape index (κ3) is 4.12. The van der Waals surface area contributed by atoms with Crippen molar-refractivity contribution in [3.63, 3.8) is 0 Å². The maximum absolute atomic E-state index is 13.7. The van der Waals surface area contributed by atoms with Gasteiger partial charge < -0.3 is 10.1 Å². The van der Waals surface area contributed by atoms with Gasteiger partial charge in [-0.15, -0.1) is 0 Å². The summed E-state index contributed by atoms with van der Waals surface area (Å²) in [5.41, 5.74) is 3.25. The molecule has 0 spiro atoms. The number of nitrogens with zero attached hydrogens (tertiary/aromatic N) is 1. The normalized spacial score (nSPS) is 15.2. The summed E-state index contributed by atoms with van der Waals surface area (Å²) >= 11 is 0. The molecule has 4 nitrogen and oxygen atoms in total. The summed E-state index contributed by atoms with van der Waals surface area (Å²) in [5, 5.41) is 2.77. The summed E-state index contributed by atoms with van der Waals surface area (Å²) in [6.07, 6.45) is 3.00. The lowest BCUT2D eigenvalue weighted by atomic mass is 10.1. The maximum atomic E-state index is 13.7. The van der Waals surface area contributed by atoms with E-state index in [4.69, 9.17) is 4.74 Å². The number of hydrogen-bond acceptors (Lipinski definition) is 3. The minimum atomic E-state index is -0.473. The van der Waals surface area contributed by atoms with Gasteiger partial charge in [0, 0.05) is 6.42 Å². The Morgan fingerprint density at radius 3 is 2.60 bits per heavy atom. The molecular weight excluding hydrogens is 319 g/mol. The van der Waals surface area contributed by atoms with Crippen LogP contribution in [-0.2, 0) is 11.2 Å². The highest BCUT2D eigenvalue weighted by atomic mass is 19.1. The summed E-state index contributed by atoms with van der Waals surface area (Å²) in [6, 6.07) is 12.8. The number of benzene rings is 2. The zero-order chi connectivity index (χ0) is 17.8. The standard InChI is InChI=1S/C20H19FN2O2/c1-13-3-5-14(6-4-13)8-10-19-22-17(20(24)23-19)12-15-7-9-18(25-2)16(21)11-15/h3-7,9,11-12H,8,10H2,1-2H3,(H,22,23,24)/b17-12+. The van der Waals surface area contributed by atoms with Gasteiger partial charge in [-0.25, -0.2) is 9.38 Å². The first-order valence-electron chi connectivity index (χ1n) is 8.05. The second-order valence-corrected chi connectivity index (χ2v) is 5.92. The number of nitrogens with one attached hydrogen (secondary N) is 1. The fourth-order valence-corrected chi connectivity index (χ4v) is 2.58. The van der Waals surface area contributed by atoms with Crippen molar-refractivity contribution in [2.24, 2.45) is 4.99 Å². The predicted molar refractivity (Wildman–Crippen MR) is 96.0 cm³/mol.